The van der Waals surface area contributed by atoms with Gasteiger partial charge in [-0.2, -0.15) is 0 Å². The van der Waals surface area contributed by atoms with Crippen LogP contribution in [0, 0.1) is 13.8 Å². The van der Waals surface area contributed by atoms with Crippen LogP contribution in [-0.4, -0.2) is 28.0 Å². The van der Waals surface area contributed by atoms with Crippen molar-refractivity contribution in [3.63, 3.8) is 0 Å². The summed E-state index contributed by atoms with van der Waals surface area (Å²) in [7, 11) is -2.34. The van der Waals surface area contributed by atoms with Gasteiger partial charge in [0.15, 0.2) is 0 Å². The fourth-order valence-electron chi connectivity index (χ4n) is 3.56. The number of nitrogens with one attached hydrogen (secondary N) is 1. The van der Waals surface area contributed by atoms with E-state index in [-0.39, 0.29) is 23.4 Å². The lowest BCUT2D eigenvalue weighted by Gasteiger charge is -2.26. The number of nitrogens with zero attached hydrogens (tertiary/aromatic N) is 1. The first kappa shape index (κ1) is 24.3. The van der Waals surface area contributed by atoms with E-state index in [4.69, 9.17) is 4.74 Å². The molecule has 0 radical (unpaired) electrons. The third-order valence-electron chi connectivity index (χ3n) is 5.45. The van der Waals surface area contributed by atoms with E-state index < -0.39 is 10.0 Å². The fourth-order valence-corrected chi connectivity index (χ4v) is 4.98. The van der Waals surface area contributed by atoms with Crippen LogP contribution in [0.3, 0.4) is 0 Å². The summed E-state index contributed by atoms with van der Waals surface area (Å²) in [6.07, 6.45) is 0.660. The Labute approximate surface area is 196 Å². The van der Waals surface area contributed by atoms with Gasteiger partial charge in [-0.15, -0.1) is 0 Å². The molecule has 3 aromatic rings. The van der Waals surface area contributed by atoms with Crippen LogP contribution in [0.1, 0.15) is 36.1 Å². The van der Waals surface area contributed by atoms with Crippen molar-refractivity contribution < 1.29 is 17.9 Å². The second kappa shape index (κ2) is 10.5. The lowest BCUT2D eigenvalue weighted by atomic mass is 10.0. The summed E-state index contributed by atoms with van der Waals surface area (Å²) in [6, 6.07) is 21.0. The second-order valence-corrected chi connectivity index (χ2v) is 9.83. The Hall–Kier alpha value is -3.32. The predicted molar refractivity (Wildman–Crippen MR) is 131 cm³/mol. The number of carbonyl (C=O) groups is 1. The summed E-state index contributed by atoms with van der Waals surface area (Å²) in [5.74, 6) is 0.351. The number of benzene rings is 3. The van der Waals surface area contributed by atoms with Crippen LogP contribution in [0.2, 0.25) is 0 Å². The summed E-state index contributed by atoms with van der Waals surface area (Å²) in [6.45, 7) is 5.42. The highest BCUT2D eigenvalue weighted by Crippen LogP contribution is 2.25. The molecule has 0 aliphatic rings. The minimum absolute atomic E-state index is 0.143. The van der Waals surface area contributed by atoms with E-state index in [2.05, 4.69) is 5.32 Å². The molecule has 0 spiro atoms. The fraction of sp³-hybridized carbons (Fsp3) is 0.269. The number of carbonyl (C=O) groups excluding carboxylic acids is 1. The standard InChI is InChI=1S/C26H30N2O4S/c1-5-25(21-11-13-23(32-4)14-12-21)27-26(29)18-28(22-8-6-7-20(3)17-22)33(30,31)24-15-9-19(2)10-16-24/h6-17,25H,5,18H2,1-4H3,(H,27,29)/t25-/m0/s1. The van der Waals surface area contributed by atoms with Crippen LogP contribution in [0.25, 0.3) is 0 Å². The van der Waals surface area contributed by atoms with Gasteiger partial charge in [0, 0.05) is 0 Å². The molecule has 174 valence electrons. The number of aryl methyl sites for hydroxylation is 2. The topological polar surface area (TPSA) is 75.7 Å². The smallest absolute Gasteiger partial charge is 0.264 e. The molecule has 33 heavy (non-hydrogen) atoms. The van der Waals surface area contributed by atoms with Crippen LogP contribution in [0.4, 0.5) is 5.69 Å². The van der Waals surface area contributed by atoms with Gasteiger partial charge in [0.05, 0.1) is 23.7 Å². The van der Waals surface area contributed by atoms with Crippen molar-refractivity contribution in [3.05, 3.63) is 89.5 Å². The summed E-state index contributed by atoms with van der Waals surface area (Å²) >= 11 is 0. The monoisotopic (exact) mass is 466 g/mol. The lowest BCUT2D eigenvalue weighted by molar-refractivity contribution is -0.120. The van der Waals surface area contributed by atoms with Crippen molar-refractivity contribution >= 4 is 21.6 Å². The predicted octanol–water partition coefficient (Wildman–Crippen LogP) is 4.77. The third kappa shape index (κ3) is 5.93. The molecule has 3 rings (SSSR count). The Morgan fingerprint density at radius 1 is 0.970 bits per heavy atom. The molecule has 0 heterocycles. The maximum Gasteiger partial charge on any atom is 0.264 e. The average Bonchev–Trinajstić information content (AvgIpc) is 2.81. The quantitative estimate of drug-likeness (QED) is 0.493. The highest BCUT2D eigenvalue weighted by Gasteiger charge is 2.28. The van der Waals surface area contributed by atoms with E-state index in [1.165, 1.54) is 4.31 Å². The molecular formula is C26H30N2O4S. The molecule has 1 atom stereocenters. The SMILES string of the molecule is CC[C@H](NC(=O)CN(c1cccc(C)c1)S(=O)(=O)c1ccc(C)cc1)c1ccc(OC)cc1. The number of hydrogen-bond acceptors (Lipinski definition) is 4. The maximum atomic E-state index is 13.5. The first-order valence-electron chi connectivity index (χ1n) is 10.8. The molecule has 0 saturated carbocycles. The van der Waals surface area contributed by atoms with Gasteiger partial charge in [-0.1, -0.05) is 48.9 Å². The Bertz CT molecular complexity index is 1190. The molecule has 0 aliphatic carbocycles. The van der Waals surface area contributed by atoms with Gasteiger partial charge in [0.1, 0.15) is 12.3 Å². The van der Waals surface area contributed by atoms with E-state index in [1.54, 1.807) is 49.6 Å². The number of ether oxygens (including phenoxy) is 1. The lowest BCUT2D eigenvalue weighted by Crippen LogP contribution is -2.42. The van der Waals surface area contributed by atoms with Crippen LogP contribution in [0.15, 0.2) is 77.7 Å². The Morgan fingerprint density at radius 3 is 2.21 bits per heavy atom. The minimum Gasteiger partial charge on any atom is -0.497 e. The maximum absolute atomic E-state index is 13.5. The average molecular weight is 467 g/mol. The second-order valence-electron chi connectivity index (χ2n) is 7.97. The third-order valence-corrected chi connectivity index (χ3v) is 7.24. The number of amides is 1. The molecule has 0 fully saturated rings. The Kier molecular flexibility index (Phi) is 7.76. The molecule has 0 saturated heterocycles. The van der Waals surface area contributed by atoms with Crippen LogP contribution >= 0.6 is 0 Å². The van der Waals surface area contributed by atoms with Crippen molar-refractivity contribution in [3.8, 4) is 5.75 Å². The minimum atomic E-state index is -3.94. The molecule has 0 aromatic heterocycles. The number of hydrogen-bond donors (Lipinski definition) is 1. The van der Waals surface area contributed by atoms with E-state index in [1.807, 2.05) is 51.1 Å². The van der Waals surface area contributed by atoms with Crippen LogP contribution in [-0.2, 0) is 14.8 Å². The molecule has 0 aliphatic heterocycles. The van der Waals surface area contributed by atoms with E-state index in [0.29, 0.717) is 12.1 Å². The Balaban J connectivity index is 1.89. The number of anilines is 1. The largest absolute Gasteiger partial charge is 0.497 e. The number of methoxy groups -OCH3 is 1. The summed E-state index contributed by atoms with van der Waals surface area (Å²) in [4.78, 5) is 13.2. The molecule has 7 heteroatoms. The first-order chi connectivity index (χ1) is 15.7. The molecule has 1 N–H and O–H groups in total. The summed E-state index contributed by atoms with van der Waals surface area (Å²) < 4.78 is 33.4. The van der Waals surface area contributed by atoms with Gasteiger partial charge >= 0.3 is 0 Å². The summed E-state index contributed by atoms with van der Waals surface area (Å²) in [5, 5.41) is 2.98. The van der Waals surface area contributed by atoms with Crippen molar-refractivity contribution in [2.75, 3.05) is 18.0 Å². The van der Waals surface area contributed by atoms with Gasteiger partial charge in [-0.3, -0.25) is 9.10 Å². The van der Waals surface area contributed by atoms with Crippen LogP contribution < -0.4 is 14.4 Å². The van der Waals surface area contributed by atoms with E-state index >= 15 is 0 Å². The summed E-state index contributed by atoms with van der Waals surface area (Å²) in [5.41, 5.74) is 3.24. The number of sulfonamides is 1. The zero-order valence-electron chi connectivity index (χ0n) is 19.4. The normalized spacial score (nSPS) is 12.1. The van der Waals surface area contributed by atoms with Crippen LogP contribution in [0.5, 0.6) is 5.75 Å². The van der Waals surface area contributed by atoms with Crippen molar-refractivity contribution in [1.29, 1.82) is 0 Å². The van der Waals surface area contributed by atoms with Crippen molar-refractivity contribution in [2.24, 2.45) is 0 Å². The molecule has 6 nitrogen and oxygen atoms in total. The Morgan fingerprint density at radius 2 is 1.64 bits per heavy atom. The van der Waals surface area contributed by atoms with Crippen molar-refractivity contribution in [2.45, 2.75) is 38.1 Å². The highest BCUT2D eigenvalue weighted by atomic mass is 32.2. The van der Waals surface area contributed by atoms with Gasteiger partial charge < -0.3 is 10.1 Å². The van der Waals surface area contributed by atoms with Gasteiger partial charge in [0.25, 0.3) is 10.0 Å². The zero-order chi connectivity index (χ0) is 24.0. The molecular weight excluding hydrogens is 436 g/mol. The molecule has 0 unspecified atom stereocenters. The highest BCUT2D eigenvalue weighted by molar-refractivity contribution is 7.92. The van der Waals surface area contributed by atoms with E-state index in [0.717, 1.165) is 22.4 Å². The molecule has 1 amide bonds. The number of rotatable bonds is 9. The van der Waals surface area contributed by atoms with Gasteiger partial charge in [0.2, 0.25) is 5.91 Å². The van der Waals surface area contributed by atoms with E-state index in [9.17, 15) is 13.2 Å². The molecule has 3 aromatic carbocycles. The van der Waals surface area contributed by atoms with Gasteiger partial charge in [-0.05, 0) is 67.8 Å². The van der Waals surface area contributed by atoms with Gasteiger partial charge in [-0.25, -0.2) is 8.42 Å². The zero-order valence-corrected chi connectivity index (χ0v) is 20.2. The molecule has 0 bridgehead atoms. The first-order valence-corrected chi connectivity index (χ1v) is 12.3. The van der Waals surface area contributed by atoms with Crippen molar-refractivity contribution in [1.82, 2.24) is 5.32 Å².